The molecule has 0 aliphatic heterocycles. The van der Waals surface area contributed by atoms with Gasteiger partial charge in [0.2, 0.25) is 5.91 Å². The lowest BCUT2D eigenvalue weighted by atomic mass is 10.1. The van der Waals surface area contributed by atoms with Gasteiger partial charge >= 0.3 is 5.97 Å². The highest BCUT2D eigenvalue weighted by Crippen LogP contribution is 2.06. The van der Waals surface area contributed by atoms with E-state index >= 15 is 0 Å². The first-order chi connectivity index (χ1) is 12.1. The summed E-state index contributed by atoms with van der Waals surface area (Å²) in [5.74, 6) is 4.81. The van der Waals surface area contributed by atoms with Gasteiger partial charge in [-0.25, -0.2) is 4.79 Å². The van der Waals surface area contributed by atoms with Gasteiger partial charge in [-0.2, -0.15) is 0 Å². The van der Waals surface area contributed by atoms with Crippen LogP contribution in [0.3, 0.4) is 0 Å². The van der Waals surface area contributed by atoms with Crippen molar-refractivity contribution in [1.82, 2.24) is 5.32 Å². The Kier molecular flexibility index (Phi) is 7.27. The van der Waals surface area contributed by atoms with Gasteiger partial charge in [-0.1, -0.05) is 42.2 Å². The van der Waals surface area contributed by atoms with Crippen LogP contribution in [0.1, 0.15) is 40.7 Å². The number of aromatic carboxylic acids is 1. The first-order valence-electron chi connectivity index (χ1n) is 8.28. The Morgan fingerprint density at radius 1 is 0.960 bits per heavy atom. The van der Waals surface area contributed by atoms with Crippen molar-refractivity contribution >= 4 is 11.9 Å². The lowest BCUT2D eigenvalue weighted by Crippen LogP contribution is -2.23. The number of rotatable bonds is 7. The molecule has 0 aliphatic rings. The Hall–Kier alpha value is -3.06. The van der Waals surface area contributed by atoms with Crippen molar-refractivity contribution in [1.29, 1.82) is 0 Å². The number of benzene rings is 2. The Labute approximate surface area is 147 Å². The van der Waals surface area contributed by atoms with Crippen LogP contribution in [-0.4, -0.2) is 23.5 Å². The van der Waals surface area contributed by atoms with E-state index in [9.17, 15) is 9.59 Å². The molecule has 0 spiro atoms. The van der Waals surface area contributed by atoms with Crippen LogP contribution in [-0.2, 0) is 11.2 Å². The molecule has 2 aromatic rings. The summed E-state index contributed by atoms with van der Waals surface area (Å²) < 4.78 is 0. The van der Waals surface area contributed by atoms with Crippen molar-refractivity contribution in [3.05, 3.63) is 71.3 Å². The quantitative estimate of drug-likeness (QED) is 0.603. The second kappa shape index (κ2) is 9.94. The smallest absolute Gasteiger partial charge is 0.335 e. The van der Waals surface area contributed by atoms with E-state index in [1.54, 1.807) is 12.1 Å². The second-order valence-electron chi connectivity index (χ2n) is 5.65. The number of nitrogens with one attached hydrogen (secondary N) is 1. The first-order valence-corrected chi connectivity index (χ1v) is 8.28. The fourth-order valence-corrected chi connectivity index (χ4v) is 2.33. The van der Waals surface area contributed by atoms with Crippen molar-refractivity contribution in [2.24, 2.45) is 0 Å². The maximum Gasteiger partial charge on any atom is 0.335 e. The predicted octanol–water partition coefficient (Wildman–Crippen LogP) is 3.27. The summed E-state index contributed by atoms with van der Waals surface area (Å²) in [6.45, 7) is 0.290. The SMILES string of the molecule is O=C(CCCCc1ccccc1)NCC#Cc1ccc(C(=O)O)cc1. The fraction of sp³-hybridized carbons (Fsp3) is 0.238. The number of carbonyl (C=O) groups excluding carboxylic acids is 1. The topological polar surface area (TPSA) is 66.4 Å². The molecule has 0 radical (unpaired) electrons. The third-order valence-electron chi connectivity index (χ3n) is 3.70. The molecule has 0 aliphatic carbocycles. The van der Waals surface area contributed by atoms with Crippen LogP contribution in [0.2, 0.25) is 0 Å². The Bertz CT molecular complexity index is 755. The number of amides is 1. The van der Waals surface area contributed by atoms with Gasteiger partial charge in [-0.15, -0.1) is 0 Å². The van der Waals surface area contributed by atoms with Gasteiger partial charge < -0.3 is 10.4 Å². The molecule has 128 valence electrons. The highest BCUT2D eigenvalue weighted by Gasteiger charge is 2.01. The third kappa shape index (κ3) is 6.92. The molecule has 25 heavy (non-hydrogen) atoms. The molecule has 0 heterocycles. The standard InChI is InChI=1S/C21H21NO3/c23-20(11-5-4-9-17-7-2-1-3-8-17)22-16-6-10-18-12-14-19(15-13-18)21(24)25/h1-3,7-8,12-15H,4-5,9,11,16H2,(H,22,23)(H,24,25). The number of carbonyl (C=O) groups is 2. The lowest BCUT2D eigenvalue weighted by molar-refractivity contribution is -0.120. The van der Waals surface area contributed by atoms with Gasteiger partial charge in [-0.05, 0) is 49.1 Å². The number of carboxylic acid groups (broad SMARTS) is 1. The molecule has 2 rings (SSSR count). The number of aryl methyl sites for hydroxylation is 1. The van der Waals surface area contributed by atoms with Crippen molar-refractivity contribution in [2.45, 2.75) is 25.7 Å². The van der Waals surface area contributed by atoms with Gasteiger partial charge in [0.1, 0.15) is 0 Å². The number of hydrogen-bond acceptors (Lipinski definition) is 2. The first kappa shape index (κ1) is 18.3. The highest BCUT2D eigenvalue weighted by atomic mass is 16.4. The van der Waals surface area contributed by atoms with Crippen molar-refractivity contribution in [2.75, 3.05) is 6.54 Å². The summed E-state index contributed by atoms with van der Waals surface area (Å²) in [7, 11) is 0. The molecule has 4 heteroatoms. The van der Waals surface area contributed by atoms with E-state index < -0.39 is 5.97 Å². The summed E-state index contributed by atoms with van der Waals surface area (Å²) in [4.78, 5) is 22.5. The van der Waals surface area contributed by atoms with E-state index in [4.69, 9.17) is 5.11 Å². The second-order valence-corrected chi connectivity index (χ2v) is 5.65. The largest absolute Gasteiger partial charge is 0.478 e. The fourth-order valence-electron chi connectivity index (χ4n) is 2.33. The minimum atomic E-state index is -0.959. The van der Waals surface area contributed by atoms with Crippen LogP contribution in [0.4, 0.5) is 0 Å². The van der Waals surface area contributed by atoms with Crippen LogP contribution in [0, 0.1) is 11.8 Å². The number of carboxylic acids is 1. The van der Waals surface area contributed by atoms with E-state index in [0.29, 0.717) is 6.42 Å². The molecule has 0 bridgehead atoms. The molecule has 0 saturated heterocycles. The van der Waals surface area contributed by atoms with Gasteiger partial charge in [-0.3, -0.25) is 4.79 Å². The van der Waals surface area contributed by atoms with E-state index in [0.717, 1.165) is 24.8 Å². The van der Waals surface area contributed by atoms with Gasteiger partial charge in [0.25, 0.3) is 0 Å². The zero-order valence-electron chi connectivity index (χ0n) is 14.0. The van der Waals surface area contributed by atoms with Crippen LogP contribution >= 0.6 is 0 Å². The molecule has 0 unspecified atom stereocenters. The molecule has 2 N–H and O–H groups in total. The van der Waals surface area contributed by atoms with E-state index in [1.807, 2.05) is 18.2 Å². The molecule has 2 aromatic carbocycles. The maximum atomic E-state index is 11.7. The average Bonchev–Trinajstić information content (AvgIpc) is 2.63. The summed E-state index contributed by atoms with van der Waals surface area (Å²) in [5, 5.41) is 11.6. The Balaban J connectivity index is 1.63. The van der Waals surface area contributed by atoms with Crippen molar-refractivity contribution in [3.8, 4) is 11.8 Å². The van der Waals surface area contributed by atoms with Gasteiger partial charge in [0.05, 0.1) is 12.1 Å². The monoisotopic (exact) mass is 335 g/mol. The molecular formula is C21H21NO3. The third-order valence-corrected chi connectivity index (χ3v) is 3.70. The van der Waals surface area contributed by atoms with E-state index in [1.165, 1.54) is 17.7 Å². The van der Waals surface area contributed by atoms with Crippen molar-refractivity contribution < 1.29 is 14.7 Å². The van der Waals surface area contributed by atoms with Gasteiger partial charge in [0, 0.05) is 12.0 Å². The summed E-state index contributed by atoms with van der Waals surface area (Å²) >= 11 is 0. The molecule has 4 nitrogen and oxygen atoms in total. The van der Waals surface area contributed by atoms with E-state index in [-0.39, 0.29) is 18.0 Å². The van der Waals surface area contributed by atoms with E-state index in [2.05, 4.69) is 29.3 Å². The Morgan fingerprint density at radius 3 is 2.36 bits per heavy atom. The maximum absolute atomic E-state index is 11.7. The van der Waals surface area contributed by atoms with Crippen LogP contribution in [0.5, 0.6) is 0 Å². The van der Waals surface area contributed by atoms with Gasteiger partial charge in [0.15, 0.2) is 0 Å². The summed E-state index contributed by atoms with van der Waals surface area (Å²) in [6.07, 6.45) is 3.33. The summed E-state index contributed by atoms with van der Waals surface area (Å²) in [5.41, 5.74) is 2.25. The van der Waals surface area contributed by atoms with Crippen molar-refractivity contribution in [3.63, 3.8) is 0 Å². The Morgan fingerprint density at radius 2 is 1.68 bits per heavy atom. The molecule has 1 amide bonds. The highest BCUT2D eigenvalue weighted by molar-refractivity contribution is 5.87. The van der Waals surface area contributed by atoms with Crippen LogP contribution < -0.4 is 5.32 Å². The minimum Gasteiger partial charge on any atom is -0.478 e. The van der Waals surface area contributed by atoms with Crippen LogP contribution in [0.25, 0.3) is 0 Å². The molecule has 0 aromatic heterocycles. The lowest BCUT2D eigenvalue weighted by Gasteiger charge is -2.02. The molecule has 0 atom stereocenters. The molecular weight excluding hydrogens is 314 g/mol. The van der Waals surface area contributed by atoms with Crippen LogP contribution in [0.15, 0.2) is 54.6 Å². The average molecular weight is 335 g/mol. The molecule has 0 fully saturated rings. The number of unbranched alkanes of at least 4 members (excludes halogenated alkanes) is 1. The zero-order valence-corrected chi connectivity index (χ0v) is 14.0. The number of hydrogen-bond donors (Lipinski definition) is 2. The summed E-state index contributed by atoms with van der Waals surface area (Å²) in [6, 6.07) is 16.6. The predicted molar refractivity (Wildman–Crippen MR) is 97.3 cm³/mol. The zero-order chi connectivity index (χ0) is 17.9. The molecule has 0 saturated carbocycles. The minimum absolute atomic E-state index is 0.00332. The normalized spacial score (nSPS) is 9.76.